The van der Waals surface area contributed by atoms with Gasteiger partial charge in [0.05, 0.1) is 17.9 Å². The predicted octanol–water partition coefficient (Wildman–Crippen LogP) is 4.48. The van der Waals surface area contributed by atoms with Gasteiger partial charge < -0.3 is 15.0 Å². The standard InChI is InChI=1S/C19H18F4N2O2/c1-25(2)16-8-9-27-17-12(16)4-3-5-15(17)24-18(26)11-6-7-14(20)13(10-11)19(21,22)23/h3-7,10,16H,8-9H2,1-2H3,(H,24,26). The highest BCUT2D eigenvalue weighted by Gasteiger charge is 2.35. The molecule has 8 heteroatoms. The molecule has 0 aliphatic carbocycles. The Kier molecular flexibility index (Phi) is 5.10. The van der Waals surface area contributed by atoms with Gasteiger partial charge in [-0.25, -0.2) is 4.39 Å². The van der Waals surface area contributed by atoms with Crippen molar-refractivity contribution in [3.8, 4) is 5.75 Å². The Bertz CT molecular complexity index is 865. The van der Waals surface area contributed by atoms with Gasteiger partial charge in [0.25, 0.3) is 5.91 Å². The summed E-state index contributed by atoms with van der Waals surface area (Å²) >= 11 is 0. The first-order valence-electron chi connectivity index (χ1n) is 8.28. The monoisotopic (exact) mass is 382 g/mol. The smallest absolute Gasteiger partial charge is 0.419 e. The van der Waals surface area contributed by atoms with Crippen molar-refractivity contribution in [2.24, 2.45) is 0 Å². The van der Waals surface area contributed by atoms with Crippen LogP contribution < -0.4 is 10.1 Å². The van der Waals surface area contributed by atoms with E-state index in [1.807, 2.05) is 25.1 Å². The Hall–Kier alpha value is -2.61. The number of carbonyl (C=O) groups is 1. The lowest BCUT2D eigenvalue weighted by atomic mass is 9.98. The summed E-state index contributed by atoms with van der Waals surface area (Å²) in [7, 11) is 3.87. The van der Waals surface area contributed by atoms with E-state index >= 15 is 0 Å². The average molecular weight is 382 g/mol. The lowest BCUT2D eigenvalue weighted by Crippen LogP contribution is -2.27. The minimum Gasteiger partial charge on any atom is -0.491 e. The van der Waals surface area contributed by atoms with Crippen LogP contribution in [0.5, 0.6) is 5.75 Å². The fourth-order valence-electron chi connectivity index (χ4n) is 3.12. The van der Waals surface area contributed by atoms with Gasteiger partial charge in [-0.05, 0) is 38.4 Å². The molecule has 1 aliphatic heterocycles. The Labute approximate surface area is 153 Å². The van der Waals surface area contributed by atoms with E-state index < -0.39 is 23.5 Å². The number of halogens is 4. The maximum Gasteiger partial charge on any atom is 0.419 e. The number of hydrogen-bond donors (Lipinski definition) is 1. The number of rotatable bonds is 3. The molecule has 144 valence electrons. The molecule has 27 heavy (non-hydrogen) atoms. The number of hydrogen-bond acceptors (Lipinski definition) is 3. The summed E-state index contributed by atoms with van der Waals surface area (Å²) in [5.74, 6) is -1.70. The van der Waals surface area contributed by atoms with E-state index in [1.54, 1.807) is 12.1 Å². The highest BCUT2D eigenvalue weighted by atomic mass is 19.4. The van der Waals surface area contributed by atoms with Crippen molar-refractivity contribution < 1.29 is 27.1 Å². The first-order chi connectivity index (χ1) is 12.7. The van der Waals surface area contributed by atoms with Gasteiger partial charge in [-0.2, -0.15) is 13.2 Å². The van der Waals surface area contributed by atoms with Crippen molar-refractivity contribution in [1.82, 2.24) is 4.90 Å². The van der Waals surface area contributed by atoms with Crippen molar-refractivity contribution in [3.05, 3.63) is 58.9 Å². The van der Waals surface area contributed by atoms with E-state index in [-0.39, 0.29) is 11.6 Å². The Balaban J connectivity index is 1.91. The summed E-state index contributed by atoms with van der Waals surface area (Å²) in [6.45, 7) is 0.456. The van der Waals surface area contributed by atoms with Crippen molar-refractivity contribution in [2.45, 2.75) is 18.6 Å². The molecule has 1 unspecified atom stereocenters. The number of ether oxygens (including phenoxy) is 1. The van der Waals surface area contributed by atoms with Gasteiger partial charge in [-0.15, -0.1) is 0 Å². The van der Waals surface area contributed by atoms with Crippen molar-refractivity contribution in [1.29, 1.82) is 0 Å². The van der Waals surface area contributed by atoms with Crippen molar-refractivity contribution in [2.75, 3.05) is 26.0 Å². The number of fused-ring (bicyclic) bond motifs is 1. The summed E-state index contributed by atoms with van der Waals surface area (Å²) in [5, 5.41) is 2.57. The third-order valence-electron chi connectivity index (χ3n) is 4.45. The number of benzene rings is 2. The van der Waals surface area contributed by atoms with E-state index in [0.717, 1.165) is 18.1 Å². The van der Waals surface area contributed by atoms with E-state index in [0.29, 0.717) is 30.2 Å². The maximum absolute atomic E-state index is 13.4. The molecule has 2 aromatic rings. The van der Waals surface area contributed by atoms with Crippen LogP contribution in [0, 0.1) is 5.82 Å². The molecular formula is C19H18F4N2O2. The molecule has 1 heterocycles. The highest BCUT2D eigenvalue weighted by Crippen LogP contribution is 2.40. The summed E-state index contributed by atoms with van der Waals surface area (Å²) in [4.78, 5) is 14.5. The molecule has 1 N–H and O–H groups in total. The summed E-state index contributed by atoms with van der Waals surface area (Å²) in [6.07, 6.45) is -4.10. The molecule has 1 atom stereocenters. The second kappa shape index (κ2) is 7.19. The van der Waals surface area contributed by atoms with Gasteiger partial charge in [0.15, 0.2) is 0 Å². The summed E-state index contributed by atoms with van der Waals surface area (Å²) in [5.41, 5.74) is -0.517. The SMILES string of the molecule is CN(C)C1CCOc2c(NC(=O)c3ccc(F)c(C(F)(F)F)c3)cccc21. The summed E-state index contributed by atoms with van der Waals surface area (Å²) in [6, 6.07) is 7.50. The van der Waals surface area contributed by atoms with Gasteiger partial charge in [0, 0.05) is 23.6 Å². The lowest BCUT2D eigenvalue weighted by Gasteiger charge is -2.31. The number of nitrogens with zero attached hydrogens (tertiary/aromatic N) is 1. The van der Waals surface area contributed by atoms with Crippen LogP contribution in [0.25, 0.3) is 0 Å². The van der Waals surface area contributed by atoms with Gasteiger partial charge >= 0.3 is 6.18 Å². The molecule has 0 radical (unpaired) electrons. The normalized spacial score (nSPS) is 16.6. The van der Waals surface area contributed by atoms with Crippen LogP contribution in [-0.2, 0) is 6.18 Å². The molecule has 0 bridgehead atoms. The second-order valence-electron chi connectivity index (χ2n) is 6.49. The molecule has 1 aliphatic rings. The second-order valence-corrected chi connectivity index (χ2v) is 6.49. The molecule has 0 saturated heterocycles. The van der Waals surface area contributed by atoms with E-state index in [4.69, 9.17) is 4.74 Å². The van der Waals surface area contributed by atoms with Crippen LogP contribution in [0.4, 0.5) is 23.2 Å². The first kappa shape index (κ1) is 19.2. The Morgan fingerprint density at radius 3 is 2.63 bits per heavy atom. The molecule has 0 saturated carbocycles. The lowest BCUT2D eigenvalue weighted by molar-refractivity contribution is -0.140. The minimum atomic E-state index is -4.88. The number of nitrogens with one attached hydrogen (secondary N) is 1. The van der Waals surface area contributed by atoms with Crippen LogP contribution in [0.15, 0.2) is 36.4 Å². The van der Waals surface area contributed by atoms with E-state index in [1.165, 1.54) is 0 Å². The highest BCUT2D eigenvalue weighted by molar-refractivity contribution is 6.05. The number of anilines is 1. The van der Waals surface area contributed by atoms with Gasteiger partial charge in [0.1, 0.15) is 11.6 Å². The third kappa shape index (κ3) is 3.90. The molecule has 0 aromatic heterocycles. The number of carbonyl (C=O) groups excluding carboxylic acids is 1. The molecule has 0 spiro atoms. The first-order valence-corrected chi connectivity index (χ1v) is 8.28. The zero-order chi connectivity index (χ0) is 19.8. The zero-order valence-electron chi connectivity index (χ0n) is 14.7. The number of amides is 1. The fraction of sp³-hybridized carbons (Fsp3) is 0.316. The fourth-order valence-corrected chi connectivity index (χ4v) is 3.12. The minimum absolute atomic E-state index is 0.105. The molecule has 0 fully saturated rings. The van der Waals surface area contributed by atoms with Gasteiger partial charge in [-0.1, -0.05) is 12.1 Å². The van der Waals surface area contributed by atoms with Gasteiger partial charge in [0.2, 0.25) is 0 Å². The quantitative estimate of drug-likeness (QED) is 0.796. The maximum atomic E-state index is 13.4. The number of para-hydroxylation sites is 1. The third-order valence-corrected chi connectivity index (χ3v) is 4.45. The van der Waals surface area contributed by atoms with Crippen LogP contribution in [-0.4, -0.2) is 31.5 Å². The molecular weight excluding hydrogens is 364 g/mol. The average Bonchev–Trinajstić information content (AvgIpc) is 2.60. The summed E-state index contributed by atoms with van der Waals surface area (Å²) < 4.78 is 57.7. The van der Waals surface area contributed by atoms with Gasteiger partial charge in [-0.3, -0.25) is 4.79 Å². The van der Waals surface area contributed by atoms with Crippen molar-refractivity contribution in [3.63, 3.8) is 0 Å². The Morgan fingerprint density at radius 2 is 1.96 bits per heavy atom. The topological polar surface area (TPSA) is 41.6 Å². The van der Waals surface area contributed by atoms with Crippen LogP contribution in [0.2, 0.25) is 0 Å². The van der Waals surface area contributed by atoms with Crippen molar-refractivity contribution >= 4 is 11.6 Å². The van der Waals surface area contributed by atoms with E-state index in [2.05, 4.69) is 5.32 Å². The molecule has 2 aromatic carbocycles. The largest absolute Gasteiger partial charge is 0.491 e. The van der Waals surface area contributed by atoms with Crippen LogP contribution in [0.3, 0.4) is 0 Å². The van der Waals surface area contributed by atoms with Crippen LogP contribution >= 0.6 is 0 Å². The molecule has 4 nitrogen and oxygen atoms in total. The number of alkyl halides is 3. The van der Waals surface area contributed by atoms with Crippen LogP contribution in [0.1, 0.15) is 33.9 Å². The predicted molar refractivity (Wildman–Crippen MR) is 92.3 cm³/mol. The van der Waals surface area contributed by atoms with E-state index in [9.17, 15) is 22.4 Å². The molecule has 3 rings (SSSR count). The Morgan fingerprint density at radius 1 is 1.22 bits per heavy atom. The molecule has 1 amide bonds. The zero-order valence-corrected chi connectivity index (χ0v) is 14.7.